The van der Waals surface area contributed by atoms with E-state index in [2.05, 4.69) is 15.9 Å². The molecule has 0 aliphatic carbocycles. The number of alkyl halides is 3. The first-order valence-electron chi connectivity index (χ1n) is 4.61. The van der Waals surface area contributed by atoms with Crippen LogP contribution in [-0.2, 0) is 16.8 Å². The average molecular weight is 367 g/mol. The molecule has 0 unspecified atom stereocenters. The van der Waals surface area contributed by atoms with Gasteiger partial charge in [-0.2, -0.15) is 30.6 Å². The Balaban J connectivity index is 2.62. The highest BCUT2D eigenvalue weighted by atomic mass is 79.9. The van der Waals surface area contributed by atoms with E-state index in [1.165, 1.54) is 23.1 Å². The van der Waals surface area contributed by atoms with Gasteiger partial charge in [0.25, 0.3) is 10.2 Å². The van der Waals surface area contributed by atoms with Crippen LogP contribution in [0.1, 0.15) is 4.88 Å². The third-order valence-corrected chi connectivity index (χ3v) is 5.01. The van der Waals surface area contributed by atoms with Gasteiger partial charge in [0.15, 0.2) is 0 Å². The van der Waals surface area contributed by atoms with Crippen LogP contribution in [-0.4, -0.2) is 32.5 Å². The number of nitrogens with one attached hydrogen (secondary N) is 1. The van der Waals surface area contributed by atoms with Crippen molar-refractivity contribution in [1.82, 2.24) is 9.03 Å². The third-order valence-electron chi connectivity index (χ3n) is 1.87. The van der Waals surface area contributed by atoms with E-state index in [0.29, 0.717) is 0 Å². The number of hydrogen-bond acceptors (Lipinski definition) is 3. The molecule has 1 rings (SSSR count). The van der Waals surface area contributed by atoms with Gasteiger partial charge in [0.05, 0.1) is 0 Å². The second kappa shape index (κ2) is 5.87. The minimum absolute atomic E-state index is 0.0173. The van der Waals surface area contributed by atoms with E-state index in [1.807, 2.05) is 0 Å². The zero-order chi connectivity index (χ0) is 14.0. The lowest BCUT2D eigenvalue weighted by Gasteiger charge is -2.17. The molecule has 1 aromatic rings. The summed E-state index contributed by atoms with van der Waals surface area (Å²) in [5.41, 5.74) is 0. The topological polar surface area (TPSA) is 49.4 Å². The Morgan fingerprint density at radius 3 is 2.56 bits per heavy atom. The van der Waals surface area contributed by atoms with Gasteiger partial charge in [-0.15, -0.1) is 11.3 Å². The van der Waals surface area contributed by atoms with Crippen LogP contribution in [0.25, 0.3) is 0 Å². The van der Waals surface area contributed by atoms with Crippen molar-refractivity contribution < 1.29 is 21.6 Å². The van der Waals surface area contributed by atoms with Crippen LogP contribution < -0.4 is 4.72 Å². The lowest BCUT2D eigenvalue weighted by atomic mass is 10.5. The zero-order valence-corrected chi connectivity index (χ0v) is 12.4. The fourth-order valence-electron chi connectivity index (χ4n) is 1.02. The Labute approximate surface area is 115 Å². The Morgan fingerprint density at radius 2 is 2.11 bits per heavy atom. The Morgan fingerprint density at radius 1 is 1.50 bits per heavy atom. The maximum absolute atomic E-state index is 11.9. The van der Waals surface area contributed by atoms with Gasteiger partial charge in [-0.1, -0.05) is 0 Å². The van der Waals surface area contributed by atoms with Crippen molar-refractivity contribution in [2.24, 2.45) is 0 Å². The molecule has 18 heavy (non-hydrogen) atoms. The predicted molar refractivity (Wildman–Crippen MR) is 66.5 cm³/mol. The highest BCUT2D eigenvalue weighted by Crippen LogP contribution is 2.21. The fraction of sp³-hybridized carbons (Fsp3) is 0.500. The molecule has 0 saturated heterocycles. The molecule has 0 radical (unpaired) electrons. The molecule has 1 N–H and O–H groups in total. The van der Waals surface area contributed by atoms with Crippen molar-refractivity contribution in [1.29, 1.82) is 0 Å². The van der Waals surface area contributed by atoms with Crippen molar-refractivity contribution in [3.05, 3.63) is 20.8 Å². The monoisotopic (exact) mass is 366 g/mol. The molecule has 104 valence electrons. The summed E-state index contributed by atoms with van der Waals surface area (Å²) in [6.45, 7) is -1.56. The van der Waals surface area contributed by atoms with Crippen molar-refractivity contribution in [2.75, 3.05) is 13.6 Å². The van der Waals surface area contributed by atoms with E-state index in [-0.39, 0.29) is 6.54 Å². The summed E-state index contributed by atoms with van der Waals surface area (Å²) in [6, 6.07) is 1.71. The van der Waals surface area contributed by atoms with Gasteiger partial charge in [0.1, 0.15) is 6.54 Å². The standard InChI is InChI=1S/C8H10BrF3N2O2S2/c1-14(3-7-2-6(9)4-17-7)18(15,16)13-5-8(10,11)12/h2,4,13H,3,5H2,1H3. The van der Waals surface area contributed by atoms with E-state index in [0.717, 1.165) is 13.7 Å². The van der Waals surface area contributed by atoms with Crippen LogP contribution in [0.3, 0.4) is 0 Å². The van der Waals surface area contributed by atoms with Crippen LogP contribution in [0, 0.1) is 0 Å². The first-order chi connectivity index (χ1) is 8.10. The summed E-state index contributed by atoms with van der Waals surface area (Å²) in [5, 5.41) is 1.76. The van der Waals surface area contributed by atoms with Crippen molar-refractivity contribution in [3.8, 4) is 0 Å². The van der Waals surface area contributed by atoms with E-state index in [4.69, 9.17) is 0 Å². The van der Waals surface area contributed by atoms with Crippen LogP contribution >= 0.6 is 27.3 Å². The van der Waals surface area contributed by atoms with Gasteiger partial charge < -0.3 is 0 Å². The zero-order valence-electron chi connectivity index (χ0n) is 9.16. The Kier molecular flexibility index (Phi) is 5.18. The maximum atomic E-state index is 11.9. The molecule has 0 spiro atoms. The van der Waals surface area contributed by atoms with Gasteiger partial charge in [-0.3, -0.25) is 0 Å². The number of rotatable bonds is 5. The highest BCUT2D eigenvalue weighted by Gasteiger charge is 2.30. The molecular weight excluding hydrogens is 357 g/mol. The highest BCUT2D eigenvalue weighted by molar-refractivity contribution is 9.10. The number of thiophene rings is 1. The lowest BCUT2D eigenvalue weighted by Crippen LogP contribution is -2.42. The molecule has 0 aliphatic rings. The third kappa shape index (κ3) is 5.22. The Bertz CT molecular complexity index is 501. The molecule has 0 aliphatic heterocycles. The Hall–Kier alpha value is -0.160. The van der Waals surface area contributed by atoms with Crippen LogP contribution in [0.5, 0.6) is 0 Å². The van der Waals surface area contributed by atoms with Gasteiger partial charge in [-0.25, -0.2) is 0 Å². The second-order valence-corrected chi connectivity index (χ2v) is 7.20. The minimum atomic E-state index is -4.57. The summed E-state index contributed by atoms with van der Waals surface area (Å²) < 4.78 is 61.9. The number of nitrogens with zero attached hydrogens (tertiary/aromatic N) is 1. The molecule has 0 bridgehead atoms. The van der Waals surface area contributed by atoms with E-state index in [9.17, 15) is 21.6 Å². The SMILES string of the molecule is CN(Cc1cc(Br)cs1)S(=O)(=O)NCC(F)(F)F. The molecule has 1 aromatic heterocycles. The molecule has 10 heteroatoms. The first kappa shape index (κ1) is 15.9. The smallest absolute Gasteiger partial charge is 0.195 e. The lowest BCUT2D eigenvalue weighted by molar-refractivity contribution is -0.121. The normalized spacial score (nSPS) is 13.2. The second-order valence-electron chi connectivity index (χ2n) is 3.43. The summed E-state index contributed by atoms with van der Waals surface area (Å²) in [4.78, 5) is 0.724. The summed E-state index contributed by atoms with van der Waals surface area (Å²) in [5.74, 6) is 0. The van der Waals surface area contributed by atoms with Gasteiger partial charge in [0.2, 0.25) is 0 Å². The fourth-order valence-corrected chi connectivity index (χ4v) is 3.49. The molecule has 0 atom stereocenters. The minimum Gasteiger partial charge on any atom is -0.195 e. The molecule has 0 aromatic carbocycles. The predicted octanol–water partition coefficient (Wildman–Crippen LogP) is 2.34. The van der Waals surface area contributed by atoms with Crippen LogP contribution in [0.4, 0.5) is 13.2 Å². The quantitative estimate of drug-likeness (QED) is 0.869. The van der Waals surface area contributed by atoms with Gasteiger partial charge in [0, 0.05) is 28.3 Å². The van der Waals surface area contributed by atoms with Gasteiger partial charge in [-0.05, 0) is 22.0 Å². The van der Waals surface area contributed by atoms with Crippen LogP contribution in [0.2, 0.25) is 0 Å². The summed E-state index contributed by atoms with van der Waals surface area (Å²) >= 11 is 4.52. The molecular formula is C8H10BrF3N2O2S2. The van der Waals surface area contributed by atoms with E-state index in [1.54, 1.807) is 11.4 Å². The van der Waals surface area contributed by atoms with Crippen molar-refractivity contribution in [2.45, 2.75) is 12.7 Å². The number of hydrogen-bond donors (Lipinski definition) is 1. The van der Waals surface area contributed by atoms with Gasteiger partial charge >= 0.3 is 6.18 Å². The first-order valence-corrected chi connectivity index (χ1v) is 7.72. The van der Waals surface area contributed by atoms with E-state index < -0.39 is 22.9 Å². The summed E-state index contributed by atoms with van der Waals surface area (Å²) in [7, 11) is -2.91. The molecule has 1 heterocycles. The average Bonchev–Trinajstić information content (AvgIpc) is 2.60. The number of halogens is 4. The van der Waals surface area contributed by atoms with Crippen LogP contribution in [0.15, 0.2) is 15.9 Å². The molecule has 4 nitrogen and oxygen atoms in total. The molecule has 0 amide bonds. The molecule has 0 fully saturated rings. The molecule has 0 saturated carbocycles. The maximum Gasteiger partial charge on any atom is 0.402 e. The summed E-state index contributed by atoms with van der Waals surface area (Å²) in [6.07, 6.45) is -4.57. The van der Waals surface area contributed by atoms with Crippen molar-refractivity contribution in [3.63, 3.8) is 0 Å². The largest absolute Gasteiger partial charge is 0.402 e. The van der Waals surface area contributed by atoms with Crippen molar-refractivity contribution >= 4 is 37.5 Å². The van der Waals surface area contributed by atoms with E-state index >= 15 is 0 Å².